The Morgan fingerprint density at radius 3 is 1.78 bits per heavy atom. The molecule has 0 saturated carbocycles. The molecule has 0 atom stereocenters. The molecule has 6 heteroatoms. The standard InChI is InChI=1S/C17H19N3O3/c1-22-16(18)19-14-7-3-12(4-8-14)11-13-5-9-15(10-6-13)20-17(21)23-2/h3-10H,11H2,1-2H3,(H2,18,19)(H,20,21). The van der Waals surface area contributed by atoms with Crippen molar-refractivity contribution in [3.8, 4) is 0 Å². The fraction of sp³-hybridized carbons (Fsp3) is 0.176. The highest BCUT2D eigenvalue weighted by molar-refractivity contribution is 5.86. The first kappa shape index (κ1) is 16.4. The van der Waals surface area contributed by atoms with Crippen molar-refractivity contribution in [2.75, 3.05) is 24.9 Å². The smallest absolute Gasteiger partial charge is 0.411 e. The summed E-state index contributed by atoms with van der Waals surface area (Å²) >= 11 is 0. The lowest BCUT2D eigenvalue weighted by Gasteiger charge is -2.08. The van der Waals surface area contributed by atoms with Crippen LogP contribution in [0.4, 0.5) is 16.2 Å². The van der Waals surface area contributed by atoms with Gasteiger partial charge in [-0.1, -0.05) is 24.3 Å². The van der Waals surface area contributed by atoms with Crippen LogP contribution in [0.15, 0.2) is 48.5 Å². The van der Waals surface area contributed by atoms with Crippen LogP contribution >= 0.6 is 0 Å². The summed E-state index contributed by atoms with van der Waals surface area (Å²) in [5.74, 6) is 0. The van der Waals surface area contributed by atoms with Gasteiger partial charge in [-0.3, -0.25) is 10.7 Å². The van der Waals surface area contributed by atoms with Gasteiger partial charge in [0, 0.05) is 11.4 Å². The van der Waals surface area contributed by atoms with E-state index in [1.165, 1.54) is 14.2 Å². The summed E-state index contributed by atoms with van der Waals surface area (Å²) in [6, 6.07) is 15.4. The molecule has 0 aliphatic heterocycles. The molecule has 1 amide bonds. The Hall–Kier alpha value is -3.02. The van der Waals surface area contributed by atoms with Crippen molar-refractivity contribution in [3.63, 3.8) is 0 Å². The van der Waals surface area contributed by atoms with Gasteiger partial charge in [-0.05, 0) is 41.8 Å². The van der Waals surface area contributed by atoms with Gasteiger partial charge in [-0.15, -0.1) is 0 Å². The van der Waals surface area contributed by atoms with Gasteiger partial charge in [-0.2, -0.15) is 0 Å². The fourth-order valence-corrected chi connectivity index (χ4v) is 2.00. The van der Waals surface area contributed by atoms with E-state index in [4.69, 9.17) is 10.1 Å². The summed E-state index contributed by atoms with van der Waals surface area (Å²) in [6.07, 6.45) is 0.294. The number of ether oxygens (including phenoxy) is 2. The number of rotatable bonds is 4. The molecule has 2 aromatic rings. The Morgan fingerprint density at radius 1 is 0.870 bits per heavy atom. The predicted octanol–water partition coefficient (Wildman–Crippen LogP) is 3.45. The summed E-state index contributed by atoms with van der Waals surface area (Å²) in [4.78, 5) is 11.1. The summed E-state index contributed by atoms with van der Waals surface area (Å²) in [6.45, 7) is 0. The third-order valence-electron chi connectivity index (χ3n) is 3.21. The van der Waals surface area contributed by atoms with Crippen LogP contribution in [0.3, 0.4) is 0 Å². The normalized spacial score (nSPS) is 9.83. The SMILES string of the molecule is COC(=N)Nc1ccc(Cc2ccc(NC(=O)OC)cc2)cc1. The Kier molecular flexibility index (Phi) is 5.57. The van der Waals surface area contributed by atoms with E-state index in [1.54, 1.807) is 0 Å². The first-order chi connectivity index (χ1) is 11.1. The summed E-state index contributed by atoms with van der Waals surface area (Å²) in [7, 11) is 2.78. The van der Waals surface area contributed by atoms with E-state index in [0.29, 0.717) is 5.69 Å². The molecular weight excluding hydrogens is 294 g/mol. The summed E-state index contributed by atoms with van der Waals surface area (Å²) < 4.78 is 9.31. The Bertz CT molecular complexity index is 607. The first-order valence-electron chi connectivity index (χ1n) is 7.03. The van der Waals surface area contributed by atoms with Gasteiger partial charge in [0.1, 0.15) is 0 Å². The number of anilines is 2. The van der Waals surface area contributed by atoms with Crippen molar-refractivity contribution in [1.82, 2.24) is 0 Å². The first-order valence-corrected chi connectivity index (χ1v) is 7.03. The average Bonchev–Trinajstić information content (AvgIpc) is 2.58. The highest BCUT2D eigenvalue weighted by Crippen LogP contribution is 2.16. The number of methoxy groups -OCH3 is 2. The van der Waals surface area contributed by atoms with Crippen LogP contribution in [0.5, 0.6) is 0 Å². The number of carbonyl (C=O) groups is 1. The quantitative estimate of drug-likeness (QED) is 0.596. The number of hydrogen-bond acceptors (Lipinski definition) is 4. The van der Waals surface area contributed by atoms with Crippen LogP contribution in [-0.2, 0) is 15.9 Å². The van der Waals surface area contributed by atoms with E-state index in [0.717, 1.165) is 23.2 Å². The van der Waals surface area contributed by atoms with E-state index in [-0.39, 0.29) is 6.02 Å². The Balaban J connectivity index is 1.96. The molecule has 2 rings (SSSR count). The maximum atomic E-state index is 11.1. The monoisotopic (exact) mass is 313 g/mol. The van der Waals surface area contributed by atoms with Gasteiger partial charge in [0.2, 0.25) is 0 Å². The van der Waals surface area contributed by atoms with Crippen molar-refractivity contribution >= 4 is 23.5 Å². The van der Waals surface area contributed by atoms with Crippen LogP contribution in [-0.4, -0.2) is 26.3 Å². The number of benzene rings is 2. The van der Waals surface area contributed by atoms with Crippen molar-refractivity contribution < 1.29 is 14.3 Å². The minimum absolute atomic E-state index is 0.00597. The lowest BCUT2D eigenvalue weighted by molar-refractivity contribution is 0.187. The van der Waals surface area contributed by atoms with Gasteiger partial charge in [-0.25, -0.2) is 4.79 Å². The molecule has 120 valence electrons. The molecule has 0 heterocycles. The largest absolute Gasteiger partial charge is 0.469 e. The minimum atomic E-state index is -0.484. The molecule has 0 bridgehead atoms. The van der Waals surface area contributed by atoms with Crippen LogP contribution in [0, 0.1) is 5.41 Å². The molecule has 2 aromatic carbocycles. The molecule has 0 spiro atoms. The molecule has 0 aromatic heterocycles. The molecule has 0 radical (unpaired) electrons. The second-order valence-electron chi connectivity index (χ2n) is 4.85. The Morgan fingerprint density at radius 2 is 1.35 bits per heavy atom. The second kappa shape index (κ2) is 7.84. The van der Waals surface area contributed by atoms with Crippen molar-refractivity contribution in [1.29, 1.82) is 5.41 Å². The lowest BCUT2D eigenvalue weighted by Crippen LogP contribution is -2.11. The van der Waals surface area contributed by atoms with E-state index >= 15 is 0 Å². The zero-order valence-corrected chi connectivity index (χ0v) is 13.1. The third-order valence-corrected chi connectivity index (χ3v) is 3.21. The van der Waals surface area contributed by atoms with E-state index < -0.39 is 6.09 Å². The molecule has 23 heavy (non-hydrogen) atoms. The van der Waals surface area contributed by atoms with Crippen molar-refractivity contribution in [2.45, 2.75) is 6.42 Å². The van der Waals surface area contributed by atoms with Crippen LogP contribution in [0.1, 0.15) is 11.1 Å². The average molecular weight is 313 g/mol. The number of amides is 1. The number of nitrogens with one attached hydrogen (secondary N) is 3. The predicted molar refractivity (Wildman–Crippen MR) is 90.1 cm³/mol. The lowest BCUT2D eigenvalue weighted by atomic mass is 10.0. The molecular formula is C17H19N3O3. The topological polar surface area (TPSA) is 83.4 Å². The van der Waals surface area contributed by atoms with Gasteiger partial charge >= 0.3 is 6.09 Å². The van der Waals surface area contributed by atoms with Crippen LogP contribution in [0.2, 0.25) is 0 Å². The third kappa shape index (κ3) is 5.03. The number of carbonyl (C=O) groups excluding carboxylic acids is 1. The summed E-state index contributed by atoms with van der Waals surface area (Å²) in [5, 5.41) is 12.9. The summed E-state index contributed by atoms with van der Waals surface area (Å²) in [5.41, 5.74) is 3.77. The van der Waals surface area contributed by atoms with E-state index in [1.807, 2.05) is 48.5 Å². The van der Waals surface area contributed by atoms with Gasteiger partial charge in [0.25, 0.3) is 6.02 Å². The maximum absolute atomic E-state index is 11.1. The second-order valence-corrected chi connectivity index (χ2v) is 4.85. The van der Waals surface area contributed by atoms with E-state index in [2.05, 4.69) is 15.4 Å². The van der Waals surface area contributed by atoms with Crippen molar-refractivity contribution in [2.24, 2.45) is 0 Å². The molecule has 0 unspecified atom stereocenters. The zero-order chi connectivity index (χ0) is 16.7. The van der Waals surface area contributed by atoms with Gasteiger partial charge in [0.05, 0.1) is 14.2 Å². The minimum Gasteiger partial charge on any atom is -0.469 e. The van der Waals surface area contributed by atoms with Gasteiger partial charge < -0.3 is 14.8 Å². The molecule has 3 N–H and O–H groups in total. The molecule has 0 fully saturated rings. The molecule has 6 nitrogen and oxygen atoms in total. The number of amidine groups is 1. The zero-order valence-electron chi connectivity index (χ0n) is 13.1. The van der Waals surface area contributed by atoms with Gasteiger partial charge in [0.15, 0.2) is 0 Å². The van der Waals surface area contributed by atoms with E-state index in [9.17, 15) is 4.79 Å². The van der Waals surface area contributed by atoms with Crippen LogP contribution in [0.25, 0.3) is 0 Å². The van der Waals surface area contributed by atoms with Crippen LogP contribution < -0.4 is 10.6 Å². The maximum Gasteiger partial charge on any atom is 0.411 e. The molecule has 0 aliphatic rings. The fourth-order valence-electron chi connectivity index (χ4n) is 2.00. The highest BCUT2D eigenvalue weighted by Gasteiger charge is 2.02. The Labute approximate surface area is 134 Å². The highest BCUT2D eigenvalue weighted by atomic mass is 16.5. The molecule has 0 saturated heterocycles. The molecule has 0 aliphatic carbocycles. The van der Waals surface area contributed by atoms with Crippen molar-refractivity contribution in [3.05, 3.63) is 59.7 Å². The number of hydrogen-bond donors (Lipinski definition) is 3.